The van der Waals surface area contributed by atoms with Gasteiger partial charge in [0.1, 0.15) is 11.4 Å². The number of pyridine rings is 1. The summed E-state index contributed by atoms with van der Waals surface area (Å²) in [6.07, 6.45) is -0.370. The Morgan fingerprint density at radius 3 is 2.11 bits per heavy atom. The second-order valence-electron chi connectivity index (χ2n) is 6.64. The van der Waals surface area contributed by atoms with Gasteiger partial charge in [0.25, 0.3) is 11.8 Å². The lowest BCUT2D eigenvalue weighted by molar-refractivity contribution is -0.137. The number of aromatic nitrogens is 1. The smallest absolute Gasteiger partial charge is 0.337 e. The summed E-state index contributed by atoms with van der Waals surface area (Å²) in [6, 6.07) is 8.71. The van der Waals surface area contributed by atoms with E-state index in [1.807, 2.05) is 0 Å². The summed E-state index contributed by atoms with van der Waals surface area (Å²) < 4.78 is 37.8. The van der Waals surface area contributed by atoms with Crippen molar-refractivity contribution in [2.45, 2.75) is 31.9 Å². The van der Waals surface area contributed by atoms with Crippen LogP contribution in [0.5, 0.6) is 0 Å². The number of hydrogen-bond donors (Lipinski definition) is 1. The minimum atomic E-state index is -4.44. The fraction of sp³-hybridized carbons (Fsp3) is 0.350. The molecule has 1 saturated heterocycles. The number of anilines is 1. The molecule has 1 aliphatic rings. The molecule has 3 rings (SSSR count). The van der Waals surface area contributed by atoms with Gasteiger partial charge >= 0.3 is 6.18 Å². The van der Waals surface area contributed by atoms with Crippen molar-refractivity contribution in [1.29, 1.82) is 0 Å². The molecule has 0 bridgehead atoms. The van der Waals surface area contributed by atoms with Gasteiger partial charge in [-0.05, 0) is 49.2 Å². The number of amides is 2. The highest BCUT2D eigenvalue weighted by atomic mass is 19.4. The highest BCUT2D eigenvalue weighted by Crippen LogP contribution is 2.29. The Labute approximate surface area is 160 Å². The Kier molecular flexibility index (Phi) is 5.96. The Bertz CT molecular complexity index is 843. The zero-order valence-electron chi connectivity index (χ0n) is 15.1. The Hall–Kier alpha value is -2.90. The number of alkyl halides is 3. The van der Waals surface area contributed by atoms with Crippen molar-refractivity contribution in [1.82, 2.24) is 9.88 Å². The molecule has 1 N–H and O–H groups in total. The molecule has 0 radical (unpaired) electrons. The molecule has 1 aromatic carbocycles. The summed E-state index contributed by atoms with van der Waals surface area (Å²) in [5, 5.41) is 2.50. The average Bonchev–Trinajstić information content (AvgIpc) is 2.97. The molecule has 2 heterocycles. The van der Waals surface area contributed by atoms with E-state index in [1.165, 1.54) is 18.2 Å². The third-order valence-electron chi connectivity index (χ3n) is 4.56. The van der Waals surface area contributed by atoms with E-state index in [9.17, 15) is 22.8 Å². The van der Waals surface area contributed by atoms with Crippen molar-refractivity contribution in [2.24, 2.45) is 0 Å². The normalized spacial score (nSPS) is 15.0. The van der Waals surface area contributed by atoms with Gasteiger partial charge in [0.15, 0.2) is 0 Å². The minimum Gasteiger partial charge on any atom is -0.337 e. The number of likely N-dealkylation sites (tertiary alicyclic amines) is 1. The molecule has 1 aromatic heterocycles. The number of benzene rings is 1. The lowest BCUT2D eigenvalue weighted by Crippen LogP contribution is -2.32. The van der Waals surface area contributed by atoms with Gasteiger partial charge in [0, 0.05) is 18.8 Å². The van der Waals surface area contributed by atoms with E-state index >= 15 is 0 Å². The van der Waals surface area contributed by atoms with E-state index in [-0.39, 0.29) is 23.0 Å². The molecule has 148 valence electrons. The molecule has 0 aliphatic carbocycles. The summed E-state index contributed by atoms with van der Waals surface area (Å²) >= 11 is 0. The van der Waals surface area contributed by atoms with Crippen LogP contribution >= 0.6 is 0 Å². The molecule has 1 fully saturated rings. The molecule has 1 aliphatic heterocycles. The van der Waals surface area contributed by atoms with Crippen molar-refractivity contribution < 1.29 is 22.8 Å². The van der Waals surface area contributed by atoms with Crippen LogP contribution in [0.25, 0.3) is 0 Å². The SMILES string of the molecule is O=C(Nc1ccc(C(F)(F)F)cc1)c1cccc(C(=O)N2CCCCCC2)n1. The molecule has 0 unspecified atom stereocenters. The monoisotopic (exact) mass is 391 g/mol. The second-order valence-corrected chi connectivity index (χ2v) is 6.64. The number of nitrogens with zero attached hydrogens (tertiary/aromatic N) is 2. The average molecular weight is 391 g/mol. The summed E-state index contributed by atoms with van der Waals surface area (Å²) in [7, 11) is 0. The lowest BCUT2D eigenvalue weighted by atomic mass is 10.2. The molecule has 0 saturated carbocycles. The van der Waals surface area contributed by atoms with Gasteiger partial charge in [-0.2, -0.15) is 13.2 Å². The van der Waals surface area contributed by atoms with Crippen LogP contribution in [-0.4, -0.2) is 34.8 Å². The standard InChI is InChI=1S/C20H20F3N3O2/c21-20(22,23)14-8-10-15(11-9-14)24-18(27)16-6-5-7-17(25-16)19(28)26-12-3-1-2-4-13-26/h5-11H,1-4,12-13H2,(H,24,27). The third-order valence-corrected chi connectivity index (χ3v) is 4.56. The number of carbonyl (C=O) groups is 2. The maximum atomic E-state index is 12.6. The maximum absolute atomic E-state index is 12.6. The van der Waals surface area contributed by atoms with E-state index in [0.29, 0.717) is 13.1 Å². The topological polar surface area (TPSA) is 62.3 Å². The zero-order valence-corrected chi connectivity index (χ0v) is 15.1. The summed E-state index contributed by atoms with van der Waals surface area (Å²) in [4.78, 5) is 30.9. The first-order valence-corrected chi connectivity index (χ1v) is 9.09. The van der Waals surface area contributed by atoms with Crippen LogP contribution in [0.2, 0.25) is 0 Å². The van der Waals surface area contributed by atoms with Crippen LogP contribution in [-0.2, 0) is 6.18 Å². The molecule has 0 spiro atoms. The predicted octanol–water partition coefficient (Wildman–Crippen LogP) is 4.37. The number of carbonyl (C=O) groups excluding carboxylic acids is 2. The van der Waals surface area contributed by atoms with Gasteiger partial charge in [-0.3, -0.25) is 9.59 Å². The summed E-state index contributed by atoms with van der Waals surface area (Å²) in [5.74, 6) is -0.809. The van der Waals surface area contributed by atoms with Gasteiger partial charge < -0.3 is 10.2 Å². The Morgan fingerprint density at radius 1 is 0.893 bits per heavy atom. The summed E-state index contributed by atoms with van der Waals surface area (Å²) in [5.41, 5.74) is -0.375. The zero-order chi connectivity index (χ0) is 20.1. The van der Waals surface area contributed by atoms with E-state index in [2.05, 4.69) is 10.3 Å². The van der Waals surface area contributed by atoms with E-state index in [4.69, 9.17) is 0 Å². The first-order valence-electron chi connectivity index (χ1n) is 9.09. The first kappa shape index (κ1) is 19.9. The largest absolute Gasteiger partial charge is 0.416 e. The van der Waals surface area contributed by atoms with E-state index in [0.717, 1.165) is 37.8 Å². The highest BCUT2D eigenvalue weighted by Gasteiger charge is 2.30. The van der Waals surface area contributed by atoms with Gasteiger partial charge in [0.2, 0.25) is 0 Å². The van der Waals surface area contributed by atoms with Crippen molar-refractivity contribution in [3.05, 3.63) is 59.4 Å². The van der Waals surface area contributed by atoms with Crippen LogP contribution in [0.1, 0.15) is 52.2 Å². The maximum Gasteiger partial charge on any atom is 0.416 e. The van der Waals surface area contributed by atoms with Crippen LogP contribution in [0.15, 0.2) is 42.5 Å². The van der Waals surface area contributed by atoms with Crippen LogP contribution in [0.4, 0.5) is 18.9 Å². The van der Waals surface area contributed by atoms with Crippen LogP contribution < -0.4 is 5.32 Å². The second kappa shape index (κ2) is 8.41. The highest BCUT2D eigenvalue weighted by molar-refractivity contribution is 6.03. The molecule has 28 heavy (non-hydrogen) atoms. The number of rotatable bonds is 3. The molecule has 2 amide bonds. The molecule has 0 atom stereocenters. The van der Waals surface area contributed by atoms with Gasteiger partial charge in [-0.1, -0.05) is 18.9 Å². The number of nitrogens with one attached hydrogen (secondary N) is 1. The minimum absolute atomic E-state index is 0.0283. The van der Waals surface area contributed by atoms with Gasteiger partial charge in [-0.15, -0.1) is 0 Å². The van der Waals surface area contributed by atoms with Crippen molar-refractivity contribution in [3.63, 3.8) is 0 Å². The van der Waals surface area contributed by atoms with E-state index in [1.54, 1.807) is 17.0 Å². The molecular weight excluding hydrogens is 371 g/mol. The molecule has 2 aromatic rings. The van der Waals surface area contributed by atoms with E-state index < -0.39 is 17.6 Å². The fourth-order valence-corrected chi connectivity index (χ4v) is 3.05. The lowest BCUT2D eigenvalue weighted by Gasteiger charge is -2.19. The number of hydrogen-bond acceptors (Lipinski definition) is 3. The molecule has 8 heteroatoms. The van der Waals surface area contributed by atoms with Crippen molar-refractivity contribution in [3.8, 4) is 0 Å². The van der Waals surface area contributed by atoms with Crippen LogP contribution in [0, 0.1) is 0 Å². The first-order chi connectivity index (χ1) is 13.3. The summed E-state index contributed by atoms with van der Waals surface area (Å²) in [6.45, 7) is 1.34. The fourth-order valence-electron chi connectivity index (χ4n) is 3.05. The predicted molar refractivity (Wildman–Crippen MR) is 98.0 cm³/mol. The third kappa shape index (κ3) is 4.88. The van der Waals surface area contributed by atoms with Gasteiger partial charge in [0.05, 0.1) is 5.56 Å². The quantitative estimate of drug-likeness (QED) is 0.845. The Morgan fingerprint density at radius 2 is 1.50 bits per heavy atom. The Balaban J connectivity index is 1.70. The van der Waals surface area contributed by atoms with Gasteiger partial charge in [-0.25, -0.2) is 4.98 Å². The number of halogens is 3. The molecular formula is C20H20F3N3O2. The van der Waals surface area contributed by atoms with Crippen LogP contribution in [0.3, 0.4) is 0 Å². The van der Waals surface area contributed by atoms with Crippen molar-refractivity contribution >= 4 is 17.5 Å². The molecule has 5 nitrogen and oxygen atoms in total. The van der Waals surface area contributed by atoms with Crippen molar-refractivity contribution in [2.75, 3.05) is 18.4 Å².